The largest absolute Gasteiger partial charge is 1.00 e. The number of benzene rings is 1. The van der Waals surface area contributed by atoms with Crippen LogP contribution in [0.15, 0.2) is 30.3 Å². The molecular weight excluding hydrogens is 251 g/mol. The van der Waals surface area contributed by atoms with Crippen LogP contribution in [0.3, 0.4) is 0 Å². The Morgan fingerprint density at radius 2 is 1.79 bits per heavy atom. The molecule has 1 aliphatic rings. The molecule has 3 nitrogen and oxygen atoms in total. The molecule has 0 aliphatic heterocycles. The van der Waals surface area contributed by atoms with E-state index >= 15 is 0 Å². The Bertz CT molecular complexity index is 386. The third-order valence-electron chi connectivity index (χ3n) is 3.84. The number of carboxylic acid groups (broad SMARTS) is 1. The van der Waals surface area contributed by atoms with Crippen molar-refractivity contribution in [2.45, 2.75) is 38.5 Å². The van der Waals surface area contributed by atoms with Gasteiger partial charge in [-0.15, -0.1) is 0 Å². The Morgan fingerprint density at radius 1 is 1.16 bits per heavy atom. The Balaban J connectivity index is 0.00000180. The number of ether oxygens (including phenoxy) is 1. The fourth-order valence-corrected chi connectivity index (χ4v) is 2.67. The first kappa shape index (κ1) is 16.5. The topological polar surface area (TPSA) is 49.4 Å². The zero-order valence-corrected chi connectivity index (χ0v) is 13.6. The number of carboxylic acids is 1. The van der Waals surface area contributed by atoms with Gasteiger partial charge < -0.3 is 14.6 Å². The molecule has 0 radical (unpaired) electrons. The van der Waals surface area contributed by atoms with Crippen LogP contribution in [0.25, 0.3) is 0 Å². The van der Waals surface area contributed by atoms with Crippen molar-refractivity contribution in [1.29, 1.82) is 0 Å². The van der Waals surface area contributed by atoms with E-state index in [4.69, 9.17) is 4.74 Å². The van der Waals surface area contributed by atoms with E-state index in [1.807, 2.05) is 30.3 Å². The van der Waals surface area contributed by atoms with Gasteiger partial charge in [-0.05, 0) is 31.4 Å². The quantitative estimate of drug-likeness (QED) is 0.656. The maximum absolute atomic E-state index is 11.4. The van der Waals surface area contributed by atoms with Gasteiger partial charge in [-0.1, -0.05) is 37.5 Å². The summed E-state index contributed by atoms with van der Waals surface area (Å²) in [6.07, 6.45) is 5.11. The van der Waals surface area contributed by atoms with E-state index in [1.165, 1.54) is 0 Å². The van der Waals surface area contributed by atoms with Gasteiger partial charge in [0.15, 0.2) is 0 Å². The third-order valence-corrected chi connectivity index (χ3v) is 3.84. The van der Waals surface area contributed by atoms with Crippen LogP contribution in [0.5, 0.6) is 5.75 Å². The second kappa shape index (κ2) is 7.93. The zero-order valence-electron chi connectivity index (χ0n) is 11.6. The maximum Gasteiger partial charge on any atom is 1.00 e. The molecule has 0 atom stereocenters. The molecule has 1 fully saturated rings. The van der Waals surface area contributed by atoms with Gasteiger partial charge in [0.1, 0.15) is 5.75 Å². The minimum atomic E-state index is -0.904. The first-order valence-corrected chi connectivity index (χ1v) is 6.62. The van der Waals surface area contributed by atoms with Gasteiger partial charge in [-0.3, -0.25) is 0 Å². The van der Waals surface area contributed by atoms with Gasteiger partial charge in [0.25, 0.3) is 0 Å². The minimum absolute atomic E-state index is 0. The van der Waals surface area contributed by atoms with Crippen LogP contribution in [0.1, 0.15) is 38.5 Å². The molecule has 0 aromatic heterocycles. The summed E-state index contributed by atoms with van der Waals surface area (Å²) < 4.78 is 5.59. The second-order valence-electron chi connectivity index (χ2n) is 5.04. The summed E-state index contributed by atoms with van der Waals surface area (Å²) in [6.45, 7) is 0.442. The summed E-state index contributed by atoms with van der Waals surface area (Å²) >= 11 is 0. The molecule has 1 aromatic rings. The summed E-state index contributed by atoms with van der Waals surface area (Å²) in [5.74, 6) is -0.110. The summed E-state index contributed by atoms with van der Waals surface area (Å²) in [5, 5.41) is 11.4. The average molecular weight is 270 g/mol. The van der Waals surface area contributed by atoms with Crippen molar-refractivity contribution in [3.05, 3.63) is 30.3 Å². The number of para-hydroxylation sites is 1. The van der Waals surface area contributed by atoms with E-state index in [0.29, 0.717) is 13.0 Å². The monoisotopic (exact) mass is 270 g/mol. The van der Waals surface area contributed by atoms with Crippen molar-refractivity contribution >= 4 is 5.97 Å². The van der Waals surface area contributed by atoms with Crippen LogP contribution in [0.4, 0.5) is 0 Å². The summed E-state index contributed by atoms with van der Waals surface area (Å²) in [7, 11) is 0. The molecule has 0 N–H and O–H groups in total. The molecule has 98 valence electrons. The second-order valence-corrected chi connectivity index (χ2v) is 5.04. The smallest absolute Gasteiger partial charge is 0.550 e. The Morgan fingerprint density at radius 3 is 2.37 bits per heavy atom. The molecule has 19 heavy (non-hydrogen) atoms. The SMILES string of the molecule is O=C([O-])C1(CCOc2ccccc2)CCCCC1.[Na+]. The van der Waals surface area contributed by atoms with E-state index in [2.05, 4.69) is 0 Å². The van der Waals surface area contributed by atoms with Crippen LogP contribution in [0, 0.1) is 5.41 Å². The molecule has 1 aromatic carbocycles. The molecule has 1 aliphatic carbocycles. The Labute approximate surface area is 136 Å². The molecule has 0 spiro atoms. The first-order chi connectivity index (χ1) is 8.73. The number of hydrogen-bond acceptors (Lipinski definition) is 3. The predicted molar refractivity (Wildman–Crippen MR) is 67.1 cm³/mol. The molecule has 0 unspecified atom stereocenters. The van der Waals surface area contributed by atoms with Crippen molar-refractivity contribution in [2.24, 2.45) is 5.41 Å². The minimum Gasteiger partial charge on any atom is -0.550 e. The fourth-order valence-electron chi connectivity index (χ4n) is 2.67. The van der Waals surface area contributed by atoms with Crippen molar-refractivity contribution in [1.82, 2.24) is 0 Å². The molecule has 0 bridgehead atoms. The van der Waals surface area contributed by atoms with Gasteiger partial charge in [0, 0.05) is 11.4 Å². The zero-order chi connectivity index (χ0) is 12.8. The van der Waals surface area contributed by atoms with Crippen molar-refractivity contribution in [3.63, 3.8) is 0 Å². The average Bonchev–Trinajstić information content (AvgIpc) is 2.41. The van der Waals surface area contributed by atoms with E-state index in [9.17, 15) is 9.90 Å². The number of rotatable bonds is 5. The Kier molecular flexibility index (Phi) is 6.90. The van der Waals surface area contributed by atoms with Crippen LogP contribution in [-0.4, -0.2) is 12.6 Å². The molecule has 0 saturated heterocycles. The summed E-state index contributed by atoms with van der Waals surface area (Å²) in [6, 6.07) is 9.50. The van der Waals surface area contributed by atoms with Crippen molar-refractivity contribution in [2.75, 3.05) is 6.61 Å². The Hall–Kier alpha value is -0.510. The van der Waals surface area contributed by atoms with E-state index in [0.717, 1.165) is 37.9 Å². The number of aliphatic carboxylic acids is 1. The van der Waals surface area contributed by atoms with E-state index in [-0.39, 0.29) is 29.6 Å². The van der Waals surface area contributed by atoms with E-state index in [1.54, 1.807) is 0 Å². The van der Waals surface area contributed by atoms with Gasteiger partial charge in [0.2, 0.25) is 0 Å². The van der Waals surface area contributed by atoms with Crippen molar-refractivity contribution in [3.8, 4) is 5.75 Å². The molecule has 0 heterocycles. The van der Waals surface area contributed by atoms with Crippen LogP contribution in [-0.2, 0) is 4.79 Å². The normalized spacial score (nSPS) is 17.3. The fraction of sp³-hybridized carbons (Fsp3) is 0.533. The summed E-state index contributed by atoms with van der Waals surface area (Å²) in [5.41, 5.74) is -0.660. The molecular formula is C15H19NaO3. The van der Waals surface area contributed by atoms with Gasteiger partial charge in [0.05, 0.1) is 6.61 Å². The molecule has 2 rings (SSSR count). The summed E-state index contributed by atoms with van der Waals surface area (Å²) in [4.78, 5) is 11.4. The predicted octanol–water partition coefficient (Wildman–Crippen LogP) is -0.840. The number of carbonyl (C=O) groups excluding carboxylic acids is 1. The van der Waals surface area contributed by atoms with Gasteiger partial charge in [-0.25, -0.2) is 0 Å². The number of carbonyl (C=O) groups is 1. The van der Waals surface area contributed by atoms with Crippen LogP contribution in [0.2, 0.25) is 0 Å². The van der Waals surface area contributed by atoms with Crippen LogP contribution < -0.4 is 39.4 Å². The van der Waals surface area contributed by atoms with Gasteiger partial charge >= 0.3 is 29.6 Å². The molecule has 0 amide bonds. The van der Waals surface area contributed by atoms with Crippen molar-refractivity contribution < 1.29 is 44.2 Å². The van der Waals surface area contributed by atoms with E-state index < -0.39 is 11.4 Å². The maximum atomic E-state index is 11.4. The van der Waals surface area contributed by atoms with Crippen LogP contribution >= 0.6 is 0 Å². The standard InChI is InChI=1S/C15H20O3.Na/c16-14(17)15(9-5-2-6-10-15)11-12-18-13-7-3-1-4-8-13;/h1,3-4,7-8H,2,5-6,9-12H2,(H,16,17);/q;+1/p-1. The molecule has 1 saturated carbocycles. The number of hydrogen-bond donors (Lipinski definition) is 0. The third kappa shape index (κ3) is 4.51. The first-order valence-electron chi connectivity index (χ1n) is 6.62. The molecule has 4 heteroatoms. The van der Waals surface area contributed by atoms with Gasteiger partial charge in [-0.2, -0.15) is 0 Å².